The maximum Gasteiger partial charge on any atom is 0.211 e. The molecule has 7 heteroatoms. The van der Waals surface area contributed by atoms with Gasteiger partial charge < -0.3 is 9.30 Å². The molecule has 6 nitrogen and oxygen atoms in total. The van der Waals surface area contributed by atoms with Crippen molar-refractivity contribution >= 4 is 27.8 Å². The van der Waals surface area contributed by atoms with Crippen LogP contribution in [0.2, 0.25) is 0 Å². The number of rotatable bonds is 5. The van der Waals surface area contributed by atoms with E-state index in [1.807, 2.05) is 84.7 Å². The Balaban J connectivity index is 1.56. The van der Waals surface area contributed by atoms with Gasteiger partial charge in [-0.15, -0.1) is 5.10 Å². The smallest absolute Gasteiger partial charge is 0.211 e. The SMILES string of the molecule is COc1ccc(-c2nn(-c3ccccc3)cc2/C=N\N=c2\sc3ccccc3n2C)cc1. The monoisotopic (exact) mass is 439 g/mol. The van der Waals surface area contributed by atoms with Crippen molar-refractivity contribution in [2.24, 2.45) is 17.3 Å². The molecule has 0 saturated heterocycles. The molecule has 0 bridgehead atoms. The van der Waals surface area contributed by atoms with E-state index < -0.39 is 0 Å². The number of thiazole rings is 1. The fourth-order valence-corrected chi connectivity index (χ4v) is 4.46. The Morgan fingerprint density at radius 3 is 2.44 bits per heavy atom. The van der Waals surface area contributed by atoms with Crippen LogP contribution in [0.3, 0.4) is 0 Å². The summed E-state index contributed by atoms with van der Waals surface area (Å²) in [6.07, 6.45) is 3.73. The van der Waals surface area contributed by atoms with Crippen molar-refractivity contribution in [3.8, 4) is 22.7 Å². The van der Waals surface area contributed by atoms with Gasteiger partial charge in [0.15, 0.2) is 0 Å². The molecule has 0 saturated carbocycles. The molecule has 0 aliphatic carbocycles. The third-order valence-electron chi connectivity index (χ3n) is 5.18. The lowest BCUT2D eigenvalue weighted by Crippen LogP contribution is -2.08. The van der Waals surface area contributed by atoms with Crippen molar-refractivity contribution in [2.75, 3.05) is 7.11 Å². The summed E-state index contributed by atoms with van der Waals surface area (Å²) in [6, 6.07) is 26.1. The molecular formula is C25H21N5OS. The summed E-state index contributed by atoms with van der Waals surface area (Å²) in [5.74, 6) is 0.804. The molecule has 0 aliphatic rings. The van der Waals surface area contributed by atoms with Crippen molar-refractivity contribution in [3.05, 3.63) is 95.4 Å². The van der Waals surface area contributed by atoms with E-state index in [1.165, 1.54) is 4.70 Å². The molecule has 5 rings (SSSR count). The minimum absolute atomic E-state index is 0.804. The van der Waals surface area contributed by atoms with Gasteiger partial charge in [-0.3, -0.25) is 0 Å². The first-order chi connectivity index (χ1) is 15.7. The Hall–Kier alpha value is -3.97. The zero-order valence-corrected chi connectivity index (χ0v) is 18.5. The zero-order chi connectivity index (χ0) is 21.9. The molecule has 0 atom stereocenters. The van der Waals surface area contributed by atoms with Crippen molar-refractivity contribution in [1.82, 2.24) is 14.3 Å². The highest BCUT2D eigenvalue weighted by Gasteiger charge is 2.11. The third kappa shape index (κ3) is 3.86. The quantitative estimate of drug-likeness (QED) is 0.285. The minimum atomic E-state index is 0.804. The Bertz CT molecular complexity index is 1460. The highest BCUT2D eigenvalue weighted by atomic mass is 32.1. The number of benzene rings is 3. The molecule has 0 amide bonds. The number of hydrogen-bond donors (Lipinski definition) is 0. The normalized spacial score (nSPS) is 12.1. The molecule has 3 aromatic carbocycles. The summed E-state index contributed by atoms with van der Waals surface area (Å²) >= 11 is 1.61. The molecule has 0 radical (unpaired) electrons. The van der Waals surface area contributed by atoms with E-state index in [4.69, 9.17) is 9.84 Å². The standard InChI is InChI=1S/C25H21N5OS/c1-29-22-10-6-7-11-23(22)32-25(29)27-26-16-19-17-30(20-8-4-3-5-9-20)28-24(19)18-12-14-21(31-2)15-13-18/h3-17H,1-2H3/b26-16-,27-25+. The van der Waals surface area contributed by atoms with Crippen LogP contribution in [0.4, 0.5) is 0 Å². The number of aryl methyl sites for hydroxylation is 1. The Morgan fingerprint density at radius 1 is 0.938 bits per heavy atom. The average molecular weight is 440 g/mol. The molecule has 32 heavy (non-hydrogen) atoms. The van der Waals surface area contributed by atoms with Gasteiger partial charge in [-0.05, 0) is 48.5 Å². The molecular weight excluding hydrogens is 418 g/mol. The van der Waals surface area contributed by atoms with Gasteiger partial charge in [-0.1, -0.05) is 41.7 Å². The van der Waals surface area contributed by atoms with Gasteiger partial charge in [0.25, 0.3) is 0 Å². The first-order valence-electron chi connectivity index (χ1n) is 10.1. The van der Waals surface area contributed by atoms with Crippen LogP contribution in [-0.2, 0) is 7.05 Å². The third-order valence-corrected chi connectivity index (χ3v) is 6.28. The second kappa shape index (κ2) is 8.64. The van der Waals surface area contributed by atoms with Crippen LogP contribution in [-0.4, -0.2) is 27.7 Å². The predicted octanol–water partition coefficient (Wildman–Crippen LogP) is 5.04. The van der Waals surface area contributed by atoms with Crippen molar-refractivity contribution < 1.29 is 4.74 Å². The number of para-hydroxylation sites is 2. The predicted molar refractivity (Wildman–Crippen MR) is 130 cm³/mol. The lowest BCUT2D eigenvalue weighted by molar-refractivity contribution is 0.415. The molecule has 5 aromatic rings. The topological polar surface area (TPSA) is 56.7 Å². The maximum absolute atomic E-state index is 5.29. The van der Waals surface area contributed by atoms with Crippen LogP contribution in [0.25, 0.3) is 27.2 Å². The Kier molecular flexibility index (Phi) is 5.39. The summed E-state index contributed by atoms with van der Waals surface area (Å²) in [5.41, 5.74) is 4.81. The molecule has 0 aliphatic heterocycles. The van der Waals surface area contributed by atoms with Gasteiger partial charge in [-0.2, -0.15) is 10.2 Å². The highest BCUT2D eigenvalue weighted by Crippen LogP contribution is 2.25. The number of ether oxygens (including phenoxy) is 1. The summed E-state index contributed by atoms with van der Waals surface area (Å²) < 4.78 is 10.4. The Morgan fingerprint density at radius 2 is 1.69 bits per heavy atom. The largest absolute Gasteiger partial charge is 0.497 e. The lowest BCUT2D eigenvalue weighted by Gasteiger charge is -2.02. The van der Waals surface area contributed by atoms with E-state index in [1.54, 1.807) is 24.7 Å². The van der Waals surface area contributed by atoms with Gasteiger partial charge in [0.1, 0.15) is 11.4 Å². The van der Waals surface area contributed by atoms with E-state index in [9.17, 15) is 0 Å². The fraction of sp³-hybridized carbons (Fsp3) is 0.0800. The summed E-state index contributed by atoms with van der Waals surface area (Å²) in [7, 11) is 3.66. The number of nitrogens with zero attached hydrogens (tertiary/aromatic N) is 5. The van der Waals surface area contributed by atoms with Crippen molar-refractivity contribution in [3.63, 3.8) is 0 Å². The van der Waals surface area contributed by atoms with E-state index in [0.717, 1.165) is 38.6 Å². The van der Waals surface area contributed by atoms with Crippen molar-refractivity contribution in [2.45, 2.75) is 0 Å². The highest BCUT2D eigenvalue weighted by molar-refractivity contribution is 7.16. The van der Waals surface area contributed by atoms with Crippen molar-refractivity contribution in [1.29, 1.82) is 0 Å². The second-order valence-corrected chi connectivity index (χ2v) is 8.21. The van der Waals surface area contributed by atoms with Crippen LogP contribution in [0.15, 0.2) is 95.3 Å². The summed E-state index contributed by atoms with van der Waals surface area (Å²) in [6.45, 7) is 0. The van der Waals surface area contributed by atoms with E-state index in [0.29, 0.717) is 0 Å². The van der Waals surface area contributed by atoms with Gasteiger partial charge >= 0.3 is 0 Å². The summed E-state index contributed by atoms with van der Waals surface area (Å²) in [5, 5.41) is 13.7. The van der Waals surface area contributed by atoms with Gasteiger partial charge in [0.05, 0.1) is 29.2 Å². The van der Waals surface area contributed by atoms with Gasteiger partial charge in [0.2, 0.25) is 4.80 Å². The van der Waals surface area contributed by atoms with Gasteiger partial charge in [0, 0.05) is 24.4 Å². The number of aromatic nitrogens is 3. The minimum Gasteiger partial charge on any atom is -0.497 e. The van der Waals surface area contributed by atoms with E-state index in [2.05, 4.69) is 26.9 Å². The molecule has 2 heterocycles. The molecule has 158 valence electrons. The zero-order valence-electron chi connectivity index (χ0n) is 17.7. The summed E-state index contributed by atoms with van der Waals surface area (Å²) in [4.78, 5) is 0.837. The van der Waals surface area contributed by atoms with Crippen LogP contribution < -0.4 is 9.54 Å². The maximum atomic E-state index is 5.29. The van der Waals surface area contributed by atoms with Gasteiger partial charge in [-0.25, -0.2) is 4.68 Å². The molecule has 2 aromatic heterocycles. The van der Waals surface area contributed by atoms with Crippen LogP contribution in [0.5, 0.6) is 5.75 Å². The number of fused-ring (bicyclic) bond motifs is 1. The fourth-order valence-electron chi connectivity index (χ4n) is 3.49. The lowest BCUT2D eigenvalue weighted by atomic mass is 10.1. The molecule has 0 fully saturated rings. The number of hydrogen-bond acceptors (Lipinski definition) is 5. The van der Waals surface area contributed by atoms with E-state index >= 15 is 0 Å². The first-order valence-corrected chi connectivity index (χ1v) is 11.0. The molecule has 0 spiro atoms. The van der Waals surface area contributed by atoms with E-state index in [-0.39, 0.29) is 0 Å². The number of methoxy groups -OCH3 is 1. The van der Waals surface area contributed by atoms with Crippen LogP contribution in [0.1, 0.15) is 5.56 Å². The second-order valence-electron chi connectivity index (χ2n) is 7.20. The molecule has 0 N–H and O–H groups in total. The average Bonchev–Trinajstić information content (AvgIpc) is 3.41. The molecule has 0 unspecified atom stereocenters. The van der Waals surface area contributed by atoms with Crippen LogP contribution >= 0.6 is 11.3 Å². The van der Waals surface area contributed by atoms with Crippen LogP contribution in [0, 0.1) is 0 Å². The first kappa shape index (κ1) is 20.0. The Labute approximate surface area is 189 Å².